The molecule has 1 aromatic rings. The Balaban J connectivity index is 0.00000162. The van der Waals surface area contributed by atoms with Crippen LogP contribution in [0.25, 0.3) is 0 Å². The highest BCUT2D eigenvalue weighted by molar-refractivity contribution is 8.00. The number of benzene rings is 1. The van der Waals surface area contributed by atoms with E-state index in [2.05, 4.69) is 29.7 Å². The molecule has 1 aliphatic rings. The third kappa shape index (κ3) is 4.52. The van der Waals surface area contributed by atoms with E-state index in [0.29, 0.717) is 11.8 Å². The standard InChI is InChI=1S/C13H18N2OS.ClH/c1-10-4-2-3-5-12(10)17-9-13(16)15-11-6-7-14-8-11;/h2-5,11,14H,6-9H2,1H3,(H,15,16);1H. The van der Waals surface area contributed by atoms with Gasteiger partial charge in [-0.25, -0.2) is 0 Å². The number of rotatable bonds is 4. The van der Waals surface area contributed by atoms with Crippen LogP contribution < -0.4 is 10.6 Å². The van der Waals surface area contributed by atoms with Gasteiger partial charge in [-0.15, -0.1) is 24.2 Å². The van der Waals surface area contributed by atoms with Gasteiger partial charge in [-0.2, -0.15) is 0 Å². The number of carbonyl (C=O) groups is 1. The van der Waals surface area contributed by atoms with Crippen molar-refractivity contribution in [2.24, 2.45) is 0 Å². The van der Waals surface area contributed by atoms with Crippen LogP contribution in [-0.4, -0.2) is 30.8 Å². The first-order valence-corrected chi connectivity index (χ1v) is 6.93. The second kappa shape index (κ2) is 7.67. The zero-order valence-corrected chi connectivity index (χ0v) is 12.1. The Morgan fingerprint density at radius 2 is 2.28 bits per heavy atom. The van der Waals surface area contributed by atoms with Gasteiger partial charge in [0.15, 0.2) is 0 Å². The van der Waals surface area contributed by atoms with Crippen molar-refractivity contribution in [2.45, 2.75) is 24.3 Å². The number of hydrogen-bond acceptors (Lipinski definition) is 3. The highest BCUT2D eigenvalue weighted by Crippen LogP contribution is 2.21. The van der Waals surface area contributed by atoms with E-state index in [1.54, 1.807) is 11.8 Å². The predicted octanol–water partition coefficient (Wildman–Crippen LogP) is 1.99. The van der Waals surface area contributed by atoms with Crippen LogP contribution in [0.15, 0.2) is 29.2 Å². The van der Waals surface area contributed by atoms with Crippen LogP contribution in [0.4, 0.5) is 0 Å². The van der Waals surface area contributed by atoms with Crippen LogP contribution in [0.1, 0.15) is 12.0 Å². The van der Waals surface area contributed by atoms with Gasteiger partial charge in [0.25, 0.3) is 0 Å². The number of carbonyl (C=O) groups excluding carboxylic acids is 1. The number of nitrogens with one attached hydrogen (secondary N) is 2. The third-order valence-corrected chi connectivity index (χ3v) is 4.05. The minimum absolute atomic E-state index is 0. The average Bonchev–Trinajstić information content (AvgIpc) is 2.81. The lowest BCUT2D eigenvalue weighted by Crippen LogP contribution is -2.37. The highest BCUT2D eigenvalue weighted by atomic mass is 35.5. The molecular formula is C13H19ClN2OS. The second-order valence-electron chi connectivity index (χ2n) is 4.31. The smallest absolute Gasteiger partial charge is 0.230 e. The van der Waals surface area contributed by atoms with E-state index in [4.69, 9.17) is 0 Å². The topological polar surface area (TPSA) is 41.1 Å². The van der Waals surface area contributed by atoms with Crippen molar-refractivity contribution in [3.63, 3.8) is 0 Å². The van der Waals surface area contributed by atoms with Crippen molar-refractivity contribution >= 4 is 30.1 Å². The summed E-state index contributed by atoms with van der Waals surface area (Å²) >= 11 is 1.61. The third-order valence-electron chi connectivity index (χ3n) is 2.88. The molecule has 1 amide bonds. The Kier molecular flexibility index (Phi) is 6.54. The Morgan fingerprint density at radius 1 is 1.50 bits per heavy atom. The maximum atomic E-state index is 11.7. The summed E-state index contributed by atoms with van der Waals surface area (Å²) in [6, 6.07) is 8.48. The van der Waals surface area contributed by atoms with E-state index >= 15 is 0 Å². The molecule has 1 unspecified atom stereocenters. The van der Waals surface area contributed by atoms with Crippen LogP contribution in [0.3, 0.4) is 0 Å². The lowest BCUT2D eigenvalue weighted by Gasteiger charge is -2.11. The van der Waals surface area contributed by atoms with Gasteiger partial charge >= 0.3 is 0 Å². The van der Waals surface area contributed by atoms with Crippen molar-refractivity contribution in [1.29, 1.82) is 0 Å². The second-order valence-corrected chi connectivity index (χ2v) is 5.33. The van der Waals surface area contributed by atoms with Gasteiger partial charge in [-0.3, -0.25) is 4.79 Å². The fraction of sp³-hybridized carbons (Fsp3) is 0.462. The molecule has 3 nitrogen and oxygen atoms in total. The molecule has 2 rings (SSSR count). The zero-order chi connectivity index (χ0) is 12.1. The monoisotopic (exact) mass is 286 g/mol. The first-order valence-electron chi connectivity index (χ1n) is 5.94. The van der Waals surface area contributed by atoms with E-state index in [0.717, 1.165) is 19.5 Å². The lowest BCUT2D eigenvalue weighted by molar-refractivity contribution is -0.119. The maximum absolute atomic E-state index is 11.7. The molecule has 0 radical (unpaired) electrons. The largest absolute Gasteiger partial charge is 0.351 e. The number of thioether (sulfide) groups is 1. The van der Waals surface area contributed by atoms with Crippen molar-refractivity contribution < 1.29 is 4.79 Å². The fourth-order valence-corrected chi connectivity index (χ4v) is 2.75. The molecule has 5 heteroatoms. The van der Waals surface area contributed by atoms with E-state index in [-0.39, 0.29) is 18.3 Å². The van der Waals surface area contributed by atoms with Crippen molar-refractivity contribution in [3.8, 4) is 0 Å². The number of amides is 1. The molecule has 1 saturated heterocycles. The van der Waals surface area contributed by atoms with Gasteiger partial charge in [0.2, 0.25) is 5.91 Å². The van der Waals surface area contributed by atoms with Gasteiger partial charge in [-0.1, -0.05) is 18.2 Å². The molecular weight excluding hydrogens is 268 g/mol. The zero-order valence-electron chi connectivity index (χ0n) is 10.4. The molecule has 0 saturated carbocycles. The van der Waals surface area contributed by atoms with Crippen molar-refractivity contribution in [3.05, 3.63) is 29.8 Å². The van der Waals surface area contributed by atoms with Crippen LogP contribution in [0.5, 0.6) is 0 Å². The molecule has 0 spiro atoms. The summed E-state index contributed by atoms with van der Waals surface area (Å²) in [4.78, 5) is 12.9. The van der Waals surface area contributed by atoms with Crippen LogP contribution >= 0.6 is 24.2 Å². The van der Waals surface area contributed by atoms with Crippen LogP contribution in [-0.2, 0) is 4.79 Å². The summed E-state index contributed by atoms with van der Waals surface area (Å²) in [7, 11) is 0. The van der Waals surface area contributed by atoms with Gasteiger partial charge in [0.1, 0.15) is 0 Å². The van der Waals surface area contributed by atoms with Gasteiger partial charge in [-0.05, 0) is 31.5 Å². The summed E-state index contributed by atoms with van der Waals surface area (Å²) in [5, 5.41) is 6.29. The molecule has 1 heterocycles. The normalized spacial score (nSPS) is 18.2. The Bertz CT molecular complexity index is 394. The summed E-state index contributed by atoms with van der Waals surface area (Å²) in [6.45, 7) is 3.98. The first kappa shape index (κ1) is 15.3. The first-order chi connectivity index (χ1) is 8.25. The number of hydrogen-bond donors (Lipinski definition) is 2. The highest BCUT2D eigenvalue weighted by Gasteiger charge is 2.16. The minimum atomic E-state index is 0. The van der Waals surface area contributed by atoms with Gasteiger partial charge in [0.05, 0.1) is 5.75 Å². The molecule has 0 aliphatic carbocycles. The summed E-state index contributed by atoms with van der Waals surface area (Å²) in [6.07, 6.45) is 1.04. The minimum Gasteiger partial charge on any atom is -0.351 e. The summed E-state index contributed by atoms with van der Waals surface area (Å²) in [5.74, 6) is 0.633. The Morgan fingerprint density at radius 3 is 2.94 bits per heavy atom. The molecule has 0 aromatic heterocycles. The molecule has 1 fully saturated rings. The molecule has 100 valence electrons. The average molecular weight is 287 g/mol. The Hall–Kier alpha value is -0.710. The van der Waals surface area contributed by atoms with Crippen molar-refractivity contribution in [2.75, 3.05) is 18.8 Å². The fourth-order valence-electron chi connectivity index (χ4n) is 1.91. The van der Waals surface area contributed by atoms with E-state index in [1.165, 1.54) is 10.5 Å². The number of halogens is 1. The van der Waals surface area contributed by atoms with Crippen LogP contribution in [0.2, 0.25) is 0 Å². The Labute approximate surface area is 119 Å². The summed E-state index contributed by atoms with van der Waals surface area (Å²) < 4.78 is 0. The molecule has 0 bridgehead atoms. The van der Waals surface area contributed by atoms with E-state index in [9.17, 15) is 4.79 Å². The predicted molar refractivity (Wildman–Crippen MR) is 78.6 cm³/mol. The molecule has 18 heavy (non-hydrogen) atoms. The quantitative estimate of drug-likeness (QED) is 0.832. The van der Waals surface area contributed by atoms with Crippen molar-refractivity contribution in [1.82, 2.24) is 10.6 Å². The van der Waals surface area contributed by atoms with Gasteiger partial charge in [0, 0.05) is 17.5 Å². The molecule has 2 N–H and O–H groups in total. The molecule has 1 aromatic carbocycles. The van der Waals surface area contributed by atoms with E-state index < -0.39 is 0 Å². The van der Waals surface area contributed by atoms with Crippen LogP contribution in [0, 0.1) is 6.92 Å². The summed E-state index contributed by atoms with van der Waals surface area (Å²) in [5.41, 5.74) is 1.23. The maximum Gasteiger partial charge on any atom is 0.230 e. The van der Waals surface area contributed by atoms with E-state index in [1.807, 2.05) is 12.1 Å². The number of aryl methyl sites for hydroxylation is 1. The lowest BCUT2D eigenvalue weighted by atomic mass is 10.2. The molecule has 1 aliphatic heterocycles. The molecule has 1 atom stereocenters. The van der Waals surface area contributed by atoms with Gasteiger partial charge < -0.3 is 10.6 Å². The SMILES string of the molecule is Cc1ccccc1SCC(=O)NC1CCNC1.Cl.